The van der Waals surface area contributed by atoms with Crippen LogP contribution in [-0.2, 0) is 5.41 Å². The number of rotatable bonds is 4. The molecule has 0 bridgehead atoms. The minimum atomic E-state index is -0.113. The Morgan fingerprint density at radius 3 is 1.24 bits per heavy atom. The van der Waals surface area contributed by atoms with Crippen LogP contribution in [0, 0.1) is 0 Å². The van der Waals surface area contributed by atoms with Gasteiger partial charge in [-0.05, 0) is 180 Å². The van der Waals surface area contributed by atoms with Crippen molar-refractivity contribution in [2.45, 2.75) is 19.3 Å². The van der Waals surface area contributed by atoms with Gasteiger partial charge in [0.2, 0.25) is 0 Å². The predicted octanol–water partition coefficient (Wildman–Crippen LogP) is 17.6. The van der Waals surface area contributed by atoms with Gasteiger partial charge in [0.05, 0.1) is 0 Å². The van der Waals surface area contributed by atoms with Crippen molar-refractivity contribution in [2.24, 2.45) is 0 Å². The van der Waals surface area contributed by atoms with Gasteiger partial charge in [-0.25, -0.2) is 0 Å². The molecule has 0 amide bonds. The van der Waals surface area contributed by atoms with Crippen molar-refractivity contribution in [3.8, 4) is 55.6 Å². The zero-order chi connectivity index (χ0) is 41.8. The van der Waals surface area contributed by atoms with E-state index in [4.69, 9.17) is 0 Å². The Kier molecular flexibility index (Phi) is 7.75. The van der Waals surface area contributed by atoms with Crippen LogP contribution in [-0.4, -0.2) is 0 Å². The summed E-state index contributed by atoms with van der Waals surface area (Å²) in [5.41, 5.74) is 15.4. The molecule has 1 aliphatic carbocycles. The number of hydrogen-bond acceptors (Lipinski definition) is 0. The molecule has 0 saturated carbocycles. The van der Waals surface area contributed by atoms with E-state index in [-0.39, 0.29) is 5.41 Å². The van der Waals surface area contributed by atoms with Crippen molar-refractivity contribution in [1.29, 1.82) is 0 Å². The molecule has 0 aliphatic heterocycles. The van der Waals surface area contributed by atoms with Gasteiger partial charge in [-0.3, -0.25) is 0 Å². The number of hydrogen-bond donors (Lipinski definition) is 0. The first-order valence-electron chi connectivity index (χ1n) is 22.1. The van der Waals surface area contributed by atoms with Crippen LogP contribution in [0.1, 0.15) is 25.0 Å². The highest BCUT2D eigenvalue weighted by molar-refractivity contribution is 6.23. The van der Waals surface area contributed by atoms with Crippen molar-refractivity contribution >= 4 is 64.6 Å². The van der Waals surface area contributed by atoms with Crippen molar-refractivity contribution < 1.29 is 0 Å². The van der Waals surface area contributed by atoms with E-state index in [0.29, 0.717) is 0 Å². The van der Waals surface area contributed by atoms with Gasteiger partial charge in [-0.15, -0.1) is 0 Å². The summed E-state index contributed by atoms with van der Waals surface area (Å²) >= 11 is 0. The normalized spacial score (nSPS) is 13.0. The van der Waals surface area contributed by atoms with E-state index in [1.165, 1.54) is 131 Å². The third-order valence-electron chi connectivity index (χ3n) is 14.2. The molecular weight excluding hydrogens is 757 g/mol. The minimum absolute atomic E-state index is 0.113. The second-order valence-corrected chi connectivity index (χ2v) is 18.1. The zero-order valence-electron chi connectivity index (χ0n) is 35.3. The van der Waals surface area contributed by atoms with Crippen LogP contribution in [0.25, 0.3) is 120 Å². The van der Waals surface area contributed by atoms with Gasteiger partial charge in [0.1, 0.15) is 0 Å². The SMILES string of the molecule is CC1(C)c2cc(-c3ccc4ccccc4c3)ccc2-c2ccc(-c3ccc4cc(-c5ccc6ccc(-c7cc8ccc9ccccc9c8c8ccccc78)cc6c5)ccc4c3)cc21. The molecule has 0 saturated heterocycles. The van der Waals surface area contributed by atoms with Gasteiger partial charge in [0, 0.05) is 5.41 Å². The summed E-state index contributed by atoms with van der Waals surface area (Å²) in [4.78, 5) is 0. The molecule has 63 heavy (non-hydrogen) atoms. The van der Waals surface area contributed by atoms with E-state index in [9.17, 15) is 0 Å². The van der Waals surface area contributed by atoms with E-state index in [2.05, 4.69) is 232 Å². The summed E-state index contributed by atoms with van der Waals surface area (Å²) in [6.45, 7) is 4.77. The fourth-order valence-electron chi connectivity index (χ4n) is 10.8. The molecule has 0 spiro atoms. The average Bonchev–Trinajstić information content (AvgIpc) is 3.57. The molecule has 0 radical (unpaired) electrons. The lowest BCUT2D eigenvalue weighted by Crippen LogP contribution is -2.15. The summed E-state index contributed by atoms with van der Waals surface area (Å²) in [6, 6.07) is 81.8. The van der Waals surface area contributed by atoms with Crippen molar-refractivity contribution in [1.82, 2.24) is 0 Å². The molecule has 294 valence electrons. The molecule has 0 heteroatoms. The van der Waals surface area contributed by atoms with Gasteiger partial charge < -0.3 is 0 Å². The first-order chi connectivity index (χ1) is 30.9. The molecule has 0 heterocycles. The van der Waals surface area contributed by atoms with Gasteiger partial charge in [-0.2, -0.15) is 0 Å². The van der Waals surface area contributed by atoms with E-state index in [1.54, 1.807) is 0 Å². The summed E-state index contributed by atoms with van der Waals surface area (Å²) < 4.78 is 0. The second-order valence-electron chi connectivity index (χ2n) is 18.1. The molecule has 1 aliphatic rings. The fourth-order valence-corrected chi connectivity index (χ4v) is 10.8. The smallest absolute Gasteiger partial charge is 0.0159 e. The first-order valence-corrected chi connectivity index (χ1v) is 22.1. The van der Waals surface area contributed by atoms with Crippen LogP contribution in [0.4, 0.5) is 0 Å². The van der Waals surface area contributed by atoms with Crippen molar-refractivity contribution in [2.75, 3.05) is 0 Å². The van der Waals surface area contributed by atoms with Crippen LogP contribution in [0.15, 0.2) is 218 Å². The maximum atomic E-state index is 2.44. The molecule has 0 fully saturated rings. The number of benzene rings is 12. The Morgan fingerprint density at radius 1 is 0.238 bits per heavy atom. The third kappa shape index (κ3) is 5.68. The lowest BCUT2D eigenvalue weighted by atomic mass is 9.80. The lowest BCUT2D eigenvalue weighted by molar-refractivity contribution is 0.661. The second kappa shape index (κ2) is 13.6. The van der Waals surface area contributed by atoms with Crippen molar-refractivity contribution in [3.63, 3.8) is 0 Å². The molecule has 0 atom stereocenters. The average molecular weight is 799 g/mol. The summed E-state index contributed by atoms with van der Waals surface area (Å²) in [5, 5.41) is 15.3. The van der Waals surface area contributed by atoms with E-state index < -0.39 is 0 Å². The molecule has 0 N–H and O–H groups in total. The molecular formula is C63H42. The Morgan fingerprint density at radius 2 is 0.619 bits per heavy atom. The number of fused-ring (bicyclic) bond motifs is 11. The highest BCUT2D eigenvalue weighted by Crippen LogP contribution is 2.51. The van der Waals surface area contributed by atoms with E-state index >= 15 is 0 Å². The van der Waals surface area contributed by atoms with Crippen LogP contribution in [0.3, 0.4) is 0 Å². The predicted molar refractivity (Wildman–Crippen MR) is 271 cm³/mol. The Hall–Kier alpha value is -7.80. The largest absolute Gasteiger partial charge is 0.0616 e. The zero-order valence-corrected chi connectivity index (χ0v) is 35.3. The fraction of sp³-hybridized carbons (Fsp3) is 0.0476. The molecule has 0 aromatic heterocycles. The van der Waals surface area contributed by atoms with Crippen LogP contribution >= 0.6 is 0 Å². The molecule has 13 rings (SSSR count). The van der Waals surface area contributed by atoms with E-state index in [1.807, 2.05) is 0 Å². The molecule has 12 aromatic carbocycles. The topological polar surface area (TPSA) is 0 Å². The maximum absolute atomic E-state index is 2.44. The van der Waals surface area contributed by atoms with Crippen LogP contribution in [0.2, 0.25) is 0 Å². The third-order valence-corrected chi connectivity index (χ3v) is 14.2. The molecule has 12 aromatic rings. The molecule has 0 nitrogen and oxygen atoms in total. The van der Waals surface area contributed by atoms with Crippen molar-refractivity contribution in [3.05, 3.63) is 230 Å². The quantitative estimate of drug-likeness (QED) is 0.156. The van der Waals surface area contributed by atoms with Gasteiger partial charge in [0.15, 0.2) is 0 Å². The Bertz CT molecular complexity index is 3880. The Balaban J connectivity index is 0.819. The maximum Gasteiger partial charge on any atom is 0.0159 e. The van der Waals surface area contributed by atoms with Crippen LogP contribution < -0.4 is 0 Å². The highest BCUT2D eigenvalue weighted by atomic mass is 14.4. The lowest BCUT2D eigenvalue weighted by Gasteiger charge is -2.22. The van der Waals surface area contributed by atoms with Gasteiger partial charge >= 0.3 is 0 Å². The Labute approximate surface area is 367 Å². The standard InChI is InChI=1S/C63H42/c1-63(2)60-37-49(46-19-15-39-9-3-4-11-42(39)31-46)27-29-56(60)57-30-28-50(38-61(57)63)47-24-23-43-32-45(22-21-44(43)33-47)48-20-16-40-17-25-51(35-53(40)34-48)59-36-52-26-18-41-10-5-6-12-54(41)62(52)58-14-8-7-13-55(58)59/h3-38H,1-2H3. The van der Waals surface area contributed by atoms with E-state index in [0.717, 1.165) is 0 Å². The van der Waals surface area contributed by atoms with Gasteiger partial charge in [0.25, 0.3) is 0 Å². The molecule has 0 unspecified atom stereocenters. The summed E-state index contributed by atoms with van der Waals surface area (Å²) in [6.07, 6.45) is 0. The minimum Gasteiger partial charge on any atom is -0.0616 e. The van der Waals surface area contributed by atoms with Gasteiger partial charge in [-0.1, -0.05) is 184 Å². The summed E-state index contributed by atoms with van der Waals surface area (Å²) in [5.74, 6) is 0. The monoisotopic (exact) mass is 798 g/mol. The first kappa shape index (κ1) is 35.9. The summed E-state index contributed by atoms with van der Waals surface area (Å²) in [7, 11) is 0. The highest BCUT2D eigenvalue weighted by Gasteiger charge is 2.36. The van der Waals surface area contributed by atoms with Crippen LogP contribution in [0.5, 0.6) is 0 Å².